The van der Waals surface area contributed by atoms with E-state index in [1.807, 2.05) is 0 Å². The molecule has 86 valence electrons. The zero-order valence-corrected chi connectivity index (χ0v) is 11.3. The number of hydrogen-bond donors (Lipinski definition) is 0. The van der Waals surface area contributed by atoms with E-state index in [1.54, 1.807) is 0 Å². The average molecular weight is 239 g/mol. The number of alkyl halides is 2. The SMILES string of the molecule is CCCC(C)CC(CCl)(CCl)CCC. The van der Waals surface area contributed by atoms with Gasteiger partial charge in [-0.05, 0) is 24.2 Å². The third-order valence-corrected chi connectivity index (χ3v) is 4.04. The van der Waals surface area contributed by atoms with Gasteiger partial charge < -0.3 is 0 Å². The molecule has 0 spiro atoms. The van der Waals surface area contributed by atoms with Crippen LogP contribution in [0.1, 0.15) is 52.9 Å². The molecule has 0 N–H and O–H groups in total. The predicted molar refractivity (Wildman–Crippen MR) is 67.5 cm³/mol. The highest BCUT2D eigenvalue weighted by Crippen LogP contribution is 2.35. The van der Waals surface area contributed by atoms with Crippen molar-refractivity contribution in [3.8, 4) is 0 Å². The molecule has 0 aromatic rings. The van der Waals surface area contributed by atoms with Crippen molar-refractivity contribution in [3.63, 3.8) is 0 Å². The average Bonchev–Trinajstić information content (AvgIpc) is 2.17. The minimum Gasteiger partial charge on any atom is -0.126 e. The number of rotatable bonds is 8. The molecule has 0 fully saturated rings. The Balaban J connectivity index is 4.18. The van der Waals surface area contributed by atoms with E-state index in [0.29, 0.717) is 11.8 Å². The Morgan fingerprint density at radius 3 is 2.00 bits per heavy atom. The van der Waals surface area contributed by atoms with Gasteiger partial charge in [0.2, 0.25) is 0 Å². The van der Waals surface area contributed by atoms with Crippen LogP contribution in [0.3, 0.4) is 0 Å². The van der Waals surface area contributed by atoms with Crippen LogP contribution in [0.15, 0.2) is 0 Å². The highest BCUT2D eigenvalue weighted by Gasteiger charge is 2.29. The lowest BCUT2D eigenvalue weighted by atomic mass is 9.78. The fraction of sp³-hybridized carbons (Fsp3) is 1.00. The maximum Gasteiger partial charge on any atom is 0.0291 e. The molecule has 0 aliphatic heterocycles. The Hall–Kier alpha value is 0.580. The topological polar surface area (TPSA) is 0 Å². The Kier molecular flexibility index (Phi) is 8.14. The van der Waals surface area contributed by atoms with Gasteiger partial charge in [0.25, 0.3) is 0 Å². The number of halogens is 2. The molecule has 0 radical (unpaired) electrons. The van der Waals surface area contributed by atoms with Crippen LogP contribution in [0.25, 0.3) is 0 Å². The van der Waals surface area contributed by atoms with Gasteiger partial charge in [0, 0.05) is 11.8 Å². The summed E-state index contributed by atoms with van der Waals surface area (Å²) in [5.41, 5.74) is 0.187. The fourth-order valence-electron chi connectivity index (χ4n) is 2.24. The summed E-state index contributed by atoms with van der Waals surface area (Å²) in [5.74, 6) is 2.17. The molecule has 1 unspecified atom stereocenters. The van der Waals surface area contributed by atoms with E-state index < -0.39 is 0 Å². The molecule has 0 aromatic heterocycles. The highest BCUT2D eigenvalue weighted by atomic mass is 35.5. The third kappa shape index (κ3) is 4.89. The molecule has 14 heavy (non-hydrogen) atoms. The molecular formula is C12H24Cl2. The van der Waals surface area contributed by atoms with E-state index in [9.17, 15) is 0 Å². The maximum absolute atomic E-state index is 6.06. The molecule has 1 atom stereocenters. The van der Waals surface area contributed by atoms with Crippen molar-refractivity contribution < 1.29 is 0 Å². The first-order valence-corrected chi connectivity index (χ1v) is 6.83. The van der Waals surface area contributed by atoms with Gasteiger partial charge in [-0.25, -0.2) is 0 Å². The summed E-state index contributed by atoms with van der Waals surface area (Å²) in [6.07, 6.45) is 6.07. The molecule has 0 heterocycles. The second-order valence-corrected chi connectivity index (χ2v) is 5.15. The van der Waals surface area contributed by atoms with Crippen molar-refractivity contribution in [3.05, 3.63) is 0 Å². The van der Waals surface area contributed by atoms with Crippen molar-refractivity contribution in [2.24, 2.45) is 11.3 Å². The summed E-state index contributed by atoms with van der Waals surface area (Å²) in [4.78, 5) is 0. The molecule has 0 amide bonds. The van der Waals surface area contributed by atoms with Crippen molar-refractivity contribution in [2.45, 2.75) is 52.9 Å². The second kappa shape index (κ2) is 7.82. The quantitative estimate of drug-likeness (QED) is 0.518. The summed E-state index contributed by atoms with van der Waals surface area (Å²) >= 11 is 12.1. The van der Waals surface area contributed by atoms with Crippen LogP contribution in [0.2, 0.25) is 0 Å². The smallest absolute Gasteiger partial charge is 0.0291 e. The predicted octanol–water partition coefficient (Wildman–Crippen LogP) is 5.08. The van der Waals surface area contributed by atoms with Crippen LogP contribution in [0, 0.1) is 11.3 Å². The molecule has 0 saturated carbocycles. The van der Waals surface area contributed by atoms with Crippen LogP contribution in [0.4, 0.5) is 0 Å². The minimum absolute atomic E-state index is 0.187. The lowest BCUT2D eigenvalue weighted by Crippen LogP contribution is -2.27. The highest BCUT2D eigenvalue weighted by molar-refractivity contribution is 6.21. The normalized spacial score (nSPS) is 14.4. The third-order valence-electron chi connectivity index (χ3n) is 2.91. The first kappa shape index (κ1) is 14.6. The molecule has 0 aliphatic carbocycles. The summed E-state index contributed by atoms with van der Waals surface area (Å²) < 4.78 is 0. The van der Waals surface area contributed by atoms with Crippen LogP contribution in [-0.2, 0) is 0 Å². The maximum atomic E-state index is 6.06. The second-order valence-electron chi connectivity index (χ2n) is 4.62. The molecule has 0 nitrogen and oxygen atoms in total. The molecule has 2 heteroatoms. The van der Waals surface area contributed by atoms with Gasteiger partial charge in [-0.3, -0.25) is 0 Å². The first-order valence-electron chi connectivity index (χ1n) is 5.76. The van der Waals surface area contributed by atoms with Crippen molar-refractivity contribution in [1.29, 1.82) is 0 Å². The summed E-state index contributed by atoms with van der Waals surface area (Å²) in [6.45, 7) is 6.75. The largest absolute Gasteiger partial charge is 0.126 e. The van der Waals surface area contributed by atoms with Crippen molar-refractivity contribution >= 4 is 23.2 Å². The van der Waals surface area contributed by atoms with E-state index in [0.717, 1.165) is 12.3 Å². The standard InChI is InChI=1S/C12H24Cl2/c1-4-6-11(3)8-12(9-13,10-14)7-5-2/h11H,4-10H2,1-3H3. The lowest BCUT2D eigenvalue weighted by molar-refractivity contribution is 0.255. The van der Waals surface area contributed by atoms with Gasteiger partial charge in [-0.15, -0.1) is 23.2 Å². The zero-order chi connectivity index (χ0) is 11.0. The van der Waals surface area contributed by atoms with E-state index >= 15 is 0 Å². The van der Waals surface area contributed by atoms with Gasteiger partial charge in [-0.2, -0.15) is 0 Å². The molecular weight excluding hydrogens is 215 g/mol. The van der Waals surface area contributed by atoms with E-state index in [-0.39, 0.29) is 5.41 Å². The molecule has 0 aromatic carbocycles. The van der Waals surface area contributed by atoms with Crippen LogP contribution in [-0.4, -0.2) is 11.8 Å². The molecule has 0 saturated heterocycles. The van der Waals surface area contributed by atoms with E-state index in [2.05, 4.69) is 20.8 Å². The summed E-state index contributed by atoms with van der Waals surface area (Å²) in [6, 6.07) is 0. The Morgan fingerprint density at radius 1 is 1.07 bits per heavy atom. The van der Waals surface area contributed by atoms with Gasteiger partial charge >= 0.3 is 0 Å². The fourth-order valence-corrected chi connectivity index (χ4v) is 3.02. The first-order chi connectivity index (χ1) is 6.64. The summed E-state index contributed by atoms with van der Waals surface area (Å²) in [5, 5.41) is 0. The Labute approximate surface area is 99.4 Å². The van der Waals surface area contributed by atoms with Gasteiger partial charge in [0.05, 0.1) is 0 Å². The van der Waals surface area contributed by atoms with Gasteiger partial charge in [-0.1, -0.05) is 40.0 Å². The van der Waals surface area contributed by atoms with Crippen LogP contribution >= 0.6 is 23.2 Å². The van der Waals surface area contributed by atoms with Crippen LogP contribution in [0.5, 0.6) is 0 Å². The van der Waals surface area contributed by atoms with Crippen molar-refractivity contribution in [2.75, 3.05) is 11.8 Å². The minimum atomic E-state index is 0.187. The Bertz CT molecular complexity index is 130. The van der Waals surface area contributed by atoms with Gasteiger partial charge in [0.1, 0.15) is 0 Å². The van der Waals surface area contributed by atoms with Crippen LogP contribution < -0.4 is 0 Å². The molecule has 0 rings (SSSR count). The molecule has 0 bridgehead atoms. The number of hydrogen-bond acceptors (Lipinski definition) is 0. The Morgan fingerprint density at radius 2 is 1.64 bits per heavy atom. The van der Waals surface area contributed by atoms with E-state index in [4.69, 9.17) is 23.2 Å². The lowest BCUT2D eigenvalue weighted by Gasteiger charge is -2.32. The summed E-state index contributed by atoms with van der Waals surface area (Å²) in [7, 11) is 0. The monoisotopic (exact) mass is 238 g/mol. The zero-order valence-electron chi connectivity index (χ0n) is 9.78. The van der Waals surface area contributed by atoms with Crippen molar-refractivity contribution in [1.82, 2.24) is 0 Å². The molecule has 0 aliphatic rings. The van der Waals surface area contributed by atoms with E-state index in [1.165, 1.54) is 25.7 Å². The van der Waals surface area contributed by atoms with Gasteiger partial charge in [0.15, 0.2) is 0 Å².